The summed E-state index contributed by atoms with van der Waals surface area (Å²) in [7, 11) is 1.28. The minimum Gasteiger partial charge on any atom is -0.465 e. The standard InChI is InChI=1S/C18H12O5/c1-22-18(21)11-5-4-6-12(9-11)23-16-10-15(19)13-7-2-3-8-14(13)17(16)20/h2-10H,1H3. The van der Waals surface area contributed by atoms with Crippen LogP contribution >= 0.6 is 0 Å². The predicted molar refractivity (Wildman–Crippen MR) is 81.6 cm³/mol. The molecule has 0 amide bonds. The van der Waals surface area contributed by atoms with Crippen LogP contribution in [0.25, 0.3) is 0 Å². The Hall–Kier alpha value is -3.21. The molecule has 2 aromatic rings. The van der Waals surface area contributed by atoms with Crippen molar-refractivity contribution >= 4 is 17.5 Å². The van der Waals surface area contributed by atoms with Gasteiger partial charge < -0.3 is 9.47 Å². The second-order valence-electron chi connectivity index (χ2n) is 4.87. The van der Waals surface area contributed by atoms with E-state index in [0.717, 1.165) is 6.08 Å². The number of allylic oxidation sites excluding steroid dienone is 2. The number of hydrogen-bond acceptors (Lipinski definition) is 5. The molecule has 0 aliphatic heterocycles. The maximum atomic E-state index is 12.4. The van der Waals surface area contributed by atoms with Crippen molar-refractivity contribution in [1.29, 1.82) is 0 Å². The molecule has 0 aromatic heterocycles. The number of methoxy groups -OCH3 is 1. The van der Waals surface area contributed by atoms with E-state index in [1.54, 1.807) is 42.5 Å². The van der Waals surface area contributed by atoms with Gasteiger partial charge >= 0.3 is 5.97 Å². The van der Waals surface area contributed by atoms with Crippen LogP contribution in [0.15, 0.2) is 60.4 Å². The number of carbonyl (C=O) groups is 3. The summed E-state index contributed by atoms with van der Waals surface area (Å²) < 4.78 is 10.1. The van der Waals surface area contributed by atoms with Crippen LogP contribution in [0.1, 0.15) is 31.1 Å². The lowest BCUT2D eigenvalue weighted by Gasteiger charge is -2.15. The SMILES string of the molecule is COC(=O)c1cccc(OC2=CC(=O)c3ccccc3C2=O)c1. The van der Waals surface area contributed by atoms with Crippen molar-refractivity contribution < 1.29 is 23.9 Å². The zero-order valence-corrected chi connectivity index (χ0v) is 12.2. The maximum Gasteiger partial charge on any atom is 0.337 e. The average molecular weight is 308 g/mol. The number of rotatable bonds is 3. The van der Waals surface area contributed by atoms with Gasteiger partial charge in [-0.2, -0.15) is 0 Å². The molecule has 114 valence electrons. The molecule has 0 heterocycles. The smallest absolute Gasteiger partial charge is 0.337 e. The monoisotopic (exact) mass is 308 g/mol. The van der Waals surface area contributed by atoms with Gasteiger partial charge in [-0.1, -0.05) is 30.3 Å². The van der Waals surface area contributed by atoms with E-state index in [-0.39, 0.29) is 23.1 Å². The molecule has 0 saturated carbocycles. The van der Waals surface area contributed by atoms with Gasteiger partial charge in [-0.05, 0) is 18.2 Å². The number of Topliss-reactive ketones (excluding diaryl/α,β-unsaturated/α-hetero) is 1. The van der Waals surface area contributed by atoms with Crippen molar-refractivity contribution in [2.24, 2.45) is 0 Å². The maximum absolute atomic E-state index is 12.4. The van der Waals surface area contributed by atoms with Crippen molar-refractivity contribution in [1.82, 2.24) is 0 Å². The summed E-state index contributed by atoms with van der Waals surface area (Å²) in [6.07, 6.45) is 1.16. The predicted octanol–water partition coefficient (Wildman–Crippen LogP) is 2.82. The average Bonchev–Trinajstić information content (AvgIpc) is 2.59. The first-order valence-corrected chi connectivity index (χ1v) is 6.86. The van der Waals surface area contributed by atoms with E-state index in [0.29, 0.717) is 16.7 Å². The summed E-state index contributed by atoms with van der Waals surface area (Å²) in [5.74, 6) is -0.973. The van der Waals surface area contributed by atoms with Crippen LogP contribution in [0.4, 0.5) is 0 Å². The number of fused-ring (bicyclic) bond motifs is 1. The molecule has 5 nitrogen and oxygen atoms in total. The Bertz CT molecular complexity index is 848. The molecule has 0 bridgehead atoms. The highest BCUT2D eigenvalue weighted by molar-refractivity contribution is 6.23. The van der Waals surface area contributed by atoms with Crippen molar-refractivity contribution in [3.05, 3.63) is 77.1 Å². The Labute approximate surface area is 132 Å². The van der Waals surface area contributed by atoms with Gasteiger partial charge in [-0.3, -0.25) is 9.59 Å². The molecule has 2 aromatic carbocycles. The van der Waals surface area contributed by atoms with Crippen molar-refractivity contribution in [2.45, 2.75) is 0 Å². The topological polar surface area (TPSA) is 69.7 Å². The number of hydrogen-bond donors (Lipinski definition) is 0. The van der Waals surface area contributed by atoms with E-state index < -0.39 is 5.97 Å². The van der Waals surface area contributed by atoms with Crippen molar-refractivity contribution in [3.8, 4) is 5.75 Å². The molecule has 1 aliphatic carbocycles. The van der Waals surface area contributed by atoms with Gasteiger partial charge in [0.2, 0.25) is 5.78 Å². The van der Waals surface area contributed by atoms with Crippen LogP contribution < -0.4 is 4.74 Å². The summed E-state index contributed by atoms with van der Waals surface area (Å²) in [6, 6.07) is 12.8. The minimum absolute atomic E-state index is 0.0734. The molecular formula is C18H12O5. The first kappa shape index (κ1) is 14.7. The van der Waals surface area contributed by atoms with Crippen LogP contribution in [-0.4, -0.2) is 24.6 Å². The fourth-order valence-electron chi connectivity index (χ4n) is 2.30. The Balaban J connectivity index is 1.91. The number of benzene rings is 2. The molecule has 0 N–H and O–H groups in total. The molecule has 1 aliphatic rings. The first-order valence-electron chi connectivity index (χ1n) is 6.86. The number of ketones is 2. The van der Waals surface area contributed by atoms with E-state index in [1.165, 1.54) is 13.2 Å². The molecule has 0 atom stereocenters. The zero-order valence-electron chi connectivity index (χ0n) is 12.2. The molecule has 0 fully saturated rings. The van der Waals surface area contributed by atoms with Crippen LogP contribution in [-0.2, 0) is 4.74 Å². The normalized spacial score (nSPS) is 13.2. The van der Waals surface area contributed by atoms with Crippen LogP contribution in [0.2, 0.25) is 0 Å². The van der Waals surface area contributed by atoms with Crippen LogP contribution in [0, 0.1) is 0 Å². The summed E-state index contributed by atoms with van der Waals surface area (Å²) in [4.78, 5) is 36.0. The van der Waals surface area contributed by atoms with Gasteiger partial charge in [-0.15, -0.1) is 0 Å². The highest BCUT2D eigenvalue weighted by Gasteiger charge is 2.26. The summed E-state index contributed by atoms with van der Waals surface area (Å²) >= 11 is 0. The third-order valence-corrected chi connectivity index (χ3v) is 3.41. The van der Waals surface area contributed by atoms with Gasteiger partial charge in [-0.25, -0.2) is 4.79 Å². The van der Waals surface area contributed by atoms with Gasteiger partial charge in [0, 0.05) is 17.2 Å². The Kier molecular flexibility index (Phi) is 3.76. The third kappa shape index (κ3) is 2.76. The molecule has 0 radical (unpaired) electrons. The molecule has 23 heavy (non-hydrogen) atoms. The Morgan fingerprint density at radius 1 is 0.957 bits per heavy atom. The van der Waals surface area contributed by atoms with Crippen molar-refractivity contribution in [2.75, 3.05) is 7.11 Å². The lowest BCUT2D eigenvalue weighted by molar-refractivity contribution is 0.0600. The second-order valence-corrected chi connectivity index (χ2v) is 4.87. The van der Waals surface area contributed by atoms with Gasteiger partial charge in [0.05, 0.1) is 12.7 Å². The number of ether oxygens (including phenoxy) is 2. The van der Waals surface area contributed by atoms with E-state index in [4.69, 9.17) is 4.74 Å². The van der Waals surface area contributed by atoms with E-state index in [9.17, 15) is 14.4 Å². The largest absolute Gasteiger partial charge is 0.465 e. The minimum atomic E-state index is -0.513. The fourth-order valence-corrected chi connectivity index (χ4v) is 2.30. The second kappa shape index (κ2) is 5.88. The van der Waals surface area contributed by atoms with Crippen LogP contribution in [0.5, 0.6) is 5.75 Å². The summed E-state index contributed by atoms with van der Waals surface area (Å²) in [6.45, 7) is 0. The van der Waals surface area contributed by atoms with Gasteiger partial charge in [0.1, 0.15) is 5.75 Å². The molecule has 0 spiro atoms. The first-order chi connectivity index (χ1) is 11.1. The van der Waals surface area contributed by atoms with E-state index >= 15 is 0 Å². The van der Waals surface area contributed by atoms with Crippen LogP contribution in [0.3, 0.4) is 0 Å². The molecular weight excluding hydrogens is 296 g/mol. The van der Waals surface area contributed by atoms with Crippen molar-refractivity contribution in [3.63, 3.8) is 0 Å². The quantitative estimate of drug-likeness (QED) is 0.815. The molecule has 0 saturated heterocycles. The molecule has 5 heteroatoms. The molecule has 0 unspecified atom stereocenters. The summed E-state index contributed by atoms with van der Waals surface area (Å²) in [5, 5.41) is 0. The van der Waals surface area contributed by atoms with Gasteiger partial charge in [0.15, 0.2) is 11.5 Å². The lowest BCUT2D eigenvalue weighted by atomic mass is 9.94. The Morgan fingerprint density at radius 3 is 2.43 bits per heavy atom. The highest BCUT2D eigenvalue weighted by Crippen LogP contribution is 2.24. The fraction of sp³-hybridized carbons (Fsp3) is 0.0556. The summed E-state index contributed by atoms with van der Waals surface area (Å²) in [5.41, 5.74) is 0.952. The number of esters is 1. The molecule has 3 rings (SSSR count). The Morgan fingerprint density at radius 2 is 1.70 bits per heavy atom. The zero-order chi connectivity index (χ0) is 16.4. The highest BCUT2D eigenvalue weighted by atomic mass is 16.5. The lowest BCUT2D eigenvalue weighted by Crippen LogP contribution is -2.20. The third-order valence-electron chi connectivity index (χ3n) is 3.41. The van der Waals surface area contributed by atoms with E-state index in [2.05, 4.69) is 4.74 Å². The van der Waals surface area contributed by atoms with Gasteiger partial charge in [0.25, 0.3) is 0 Å². The number of carbonyl (C=O) groups excluding carboxylic acids is 3. The van der Waals surface area contributed by atoms with E-state index in [1.807, 2.05) is 0 Å².